The fraction of sp³-hybridized carbons (Fsp3) is 0.389. The molecule has 3 rings (SSSR count). The van der Waals surface area contributed by atoms with Gasteiger partial charge in [0.2, 0.25) is 5.91 Å². The minimum atomic E-state index is -0.151. The predicted octanol–water partition coefficient (Wildman–Crippen LogP) is 1.35. The summed E-state index contributed by atoms with van der Waals surface area (Å²) in [6.45, 7) is 2.85. The minimum absolute atomic E-state index is 0.00579. The Morgan fingerprint density at radius 2 is 2.15 bits per heavy atom. The summed E-state index contributed by atoms with van der Waals surface area (Å²) in [5, 5.41) is 9.75. The molecule has 1 aliphatic heterocycles. The molecule has 0 saturated carbocycles. The van der Waals surface area contributed by atoms with Gasteiger partial charge in [-0.05, 0) is 24.6 Å². The Bertz CT molecular complexity index is 789. The van der Waals surface area contributed by atoms with Crippen LogP contribution in [-0.4, -0.2) is 53.2 Å². The van der Waals surface area contributed by atoms with Crippen LogP contribution in [0, 0.1) is 0 Å². The number of hydrogen-bond acceptors (Lipinski definition) is 5. The zero-order chi connectivity index (χ0) is 18.5. The Hall–Kier alpha value is -3.03. The topological polar surface area (TPSA) is 96.6 Å². The summed E-state index contributed by atoms with van der Waals surface area (Å²) in [5.74, 6) is 1.15. The van der Waals surface area contributed by atoms with Gasteiger partial charge in [0.1, 0.15) is 18.1 Å². The average molecular weight is 358 g/mol. The lowest BCUT2D eigenvalue weighted by atomic mass is 10.2. The molecule has 0 radical (unpaired) electrons. The summed E-state index contributed by atoms with van der Waals surface area (Å²) in [5.41, 5.74) is 1.05. The van der Waals surface area contributed by atoms with Crippen LogP contribution in [-0.2, 0) is 11.4 Å². The number of rotatable bonds is 6. The van der Waals surface area contributed by atoms with Crippen molar-refractivity contribution in [1.82, 2.24) is 20.4 Å². The Morgan fingerprint density at radius 1 is 1.35 bits per heavy atom. The van der Waals surface area contributed by atoms with Crippen LogP contribution in [0.25, 0.3) is 0 Å². The number of benzene rings is 1. The van der Waals surface area contributed by atoms with Gasteiger partial charge in [0, 0.05) is 32.1 Å². The van der Waals surface area contributed by atoms with Gasteiger partial charge in [-0.2, -0.15) is 5.10 Å². The van der Waals surface area contributed by atoms with E-state index in [1.807, 2.05) is 18.2 Å². The molecule has 1 aromatic carbocycles. The molecular formula is C18H22N4O4. The summed E-state index contributed by atoms with van der Waals surface area (Å²) in [6.07, 6.45) is 0.752. The number of aromatic amines is 1. The highest BCUT2D eigenvalue weighted by atomic mass is 16.5. The SMILES string of the molecule is COc1cccc(OCc2cc(C(=O)N3CC[C@@H](NC(C)=O)C3)n[nH]2)c1. The summed E-state index contributed by atoms with van der Waals surface area (Å²) < 4.78 is 10.8. The van der Waals surface area contributed by atoms with Crippen molar-refractivity contribution in [2.75, 3.05) is 20.2 Å². The lowest BCUT2D eigenvalue weighted by Crippen LogP contribution is -2.37. The number of likely N-dealkylation sites (tertiary alicyclic amines) is 1. The molecule has 138 valence electrons. The molecule has 1 fully saturated rings. The Labute approximate surface area is 151 Å². The molecule has 1 aliphatic rings. The van der Waals surface area contributed by atoms with E-state index >= 15 is 0 Å². The first kappa shape index (κ1) is 17.8. The molecule has 0 aliphatic carbocycles. The van der Waals surface area contributed by atoms with Crippen LogP contribution in [0.1, 0.15) is 29.5 Å². The number of H-pyrrole nitrogens is 1. The normalized spacial score (nSPS) is 16.4. The van der Waals surface area contributed by atoms with Crippen LogP contribution in [0.15, 0.2) is 30.3 Å². The van der Waals surface area contributed by atoms with Crippen molar-refractivity contribution in [2.24, 2.45) is 0 Å². The third kappa shape index (κ3) is 4.33. The largest absolute Gasteiger partial charge is 0.497 e. The van der Waals surface area contributed by atoms with Crippen LogP contribution < -0.4 is 14.8 Å². The van der Waals surface area contributed by atoms with Crippen LogP contribution in [0.5, 0.6) is 11.5 Å². The molecule has 26 heavy (non-hydrogen) atoms. The highest BCUT2D eigenvalue weighted by Gasteiger charge is 2.28. The van der Waals surface area contributed by atoms with Crippen LogP contribution in [0.2, 0.25) is 0 Å². The Balaban J connectivity index is 1.55. The van der Waals surface area contributed by atoms with Gasteiger partial charge >= 0.3 is 0 Å². The fourth-order valence-electron chi connectivity index (χ4n) is 2.91. The van der Waals surface area contributed by atoms with Gasteiger partial charge in [0.15, 0.2) is 5.69 Å². The second-order valence-electron chi connectivity index (χ2n) is 6.18. The van der Waals surface area contributed by atoms with Crippen molar-refractivity contribution >= 4 is 11.8 Å². The molecule has 2 heterocycles. The number of nitrogens with zero attached hydrogens (tertiary/aromatic N) is 2. The number of ether oxygens (including phenoxy) is 2. The smallest absolute Gasteiger partial charge is 0.274 e. The summed E-state index contributed by atoms with van der Waals surface area (Å²) in [7, 11) is 1.60. The van der Waals surface area contributed by atoms with Crippen molar-refractivity contribution in [3.63, 3.8) is 0 Å². The Morgan fingerprint density at radius 3 is 2.92 bits per heavy atom. The lowest BCUT2D eigenvalue weighted by Gasteiger charge is -2.15. The average Bonchev–Trinajstić information content (AvgIpc) is 3.28. The second-order valence-corrected chi connectivity index (χ2v) is 6.18. The lowest BCUT2D eigenvalue weighted by molar-refractivity contribution is -0.119. The van der Waals surface area contributed by atoms with E-state index in [0.717, 1.165) is 6.42 Å². The highest BCUT2D eigenvalue weighted by Crippen LogP contribution is 2.20. The number of aromatic nitrogens is 2. The zero-order valence-electron chi connectivity index (χ0n) is 14.8. The van der Waals surface area contributed by atoms with Crippen LogP contribution in [0.4, 0.5) is 0 Å². The van der Waals surface area contributed by atoms with E-state index in [1.54, 1.807) is 24.1 Å². The maximum absolute atomic E-state index is 12.5. The van der Waals surface area contributed by atoms with E-state index in [9.17, 15) is 9.59 Å². The first-order valence-corrected chi connectivity index (χ1v) is 8.42. The maximum atomic E-state index is 12.5. The molecule has 1 atom stereocenters. The van der Waals surface area contributed by atoms with E-state index in [0.29, 0.717) is 36.0 Å². The number of carbonyl (C=O) groups is 2. The molecule has 8 heteroatoms. The highest BCUT2D eigenvalue weighted by molar-refractivity contribution is 5.92. The number of nitrogens with one attached hydrogen (secondary N) is 2. The fourth-order valence-corrected chi connectivity index (χ4v) is 2.91. The third-order valence-electron chi connectivity index (χ3n) is 4.17. The van der Waals surface area contributed by atoms with Gasteiger partial charge in [-0.1, -0.05) is 6.07 Å². The van der Waals surface area contributed by atoms with Gasteiger partial charge in [-0.25, -0.2) is 0 Å². The first-order chi connectivity index (χ1) is 12.5. The van der Waals surface area contributed by atoms with Gasteiger partial charge in [0.25, 0.3) is 5.91 Å². The summed E-state index contributed by atoms with van der Waals surface area (Å²) in [4.78, 5) is 25.3. The number of amides is 2. The molecule has 2 aromatic rings. The van der Waals surface area contributed by atoms with Crippen molar-refractivity contribution in [1.29, 1.82) is 0 Å². The summed E-state index contributed by atoms with van der Waals surface area (Å²) >= 11 is 0. The molecule has 1 aromatic heterocycles. The molecule has 0 bridgehead atoms. The standard InChI is InChI=1S/C18H22N4O4/c1-12(23)19-13-6-7-22(10-13)18(24)17-8-14(20-21-17)11-26-16-5-3-4-15(9-16)25-2/h3-5,8-9,13H,6-7,10-11H2,1-2H3,(H,19,23)(H,20,21)/t13-/m1/s1. The second kappa shape index (κ2) is 7.90. The van der Waals surface area contributed by atoms with E-state index in [-0.39, 0.29) is 24.5 Å². The van der Waals surface area contributed by atoms with Gasteiger partial charge in [0.05, 0.1) is 12.8 Å². The molecule has 2 amide bonds. The molecular weight excluding hydrogens is 336 g/mol. The van der Waals surface area contributed by atoms with Gasteiger partial charge in [-0.15, -0.1) is 0 Å². The van der Waals surface area contributed by atoms with E-state index in [2.05, 4.69) is 15.5 Å². The minimum Gasteiger partial charge on any atom is -0.497 e. The summed E-state index contributed by atoms with van der Waals surface area (Å²) in [6, 6.07) is 8.99. The Kier molecular flexibility index (Phi) is 5.40. The molecule has 1 saturated heterocycles. The van der Waals surface area contributed by atoms with E-state index < -0.39 is 0 Å². The number of methoxy groups -OCH3 is 1. The third-order valence-corrected chi connectivity index (χ3v) is 4.17. The van der Waals surface area contributed by atoms with Crippen LogP contribution >= 0.6 is 0 Å². The van der Waals surface area contributed by atoms with Crippen molar-refractivity contribution in [3.05, 3.63) is 41.7 Å². The monoisotopic (exact) mass is 358 g/mol. The van der Waals surface area contributed by atoms with Gasteiger partial charge < -0.3 is 19.7 Å². The molecule has 0 unspecified atom stereocenters. The van der Waals surface area contributed by atoms with Gasteiger partial charge in [-0.3, -0.25) is 14.7 Å². The van der Waals surface area contributed by atoms with Crippen molar-refractivity contribution < 1.29 is 19.1 Å². The number of carbonyl (C=O) groups excluding carboxylic acids is 2. The molecule has 8 nitrogen and oxygen atoms in total. The first-order valence-electron chi connectivity index (χ1n) is 8.42. The van der Waals surface area contributed by atoms with Crippen LogP contribution in [0.3, 0.4) is 0 Å². The molecule has 0 spiro atoms. The van der Waals surface area contributed by atoms with E-state index in [1.165, 1.54) is 6.92 Å². The zero-order valence-corrected chi connectivity index (χ0v) is 14.8. The van der Waals surface area contributed by atoms with E-state index in [4.69, 9.17) is 9.47 Å². The predicted molar refractivity (Wildman–Crippen MR) is 94.0 cm³/mol. The maximum Gasteiger partial charge on any atom is 0.274 e. The number of hydrogen-bond donors (Lipinski definition) is 2. The van der Waals surface area contributed by atoms with Crippen molar-refractivity contribution in [3.8, 4) is 11.5 Å². The van der Waals surface area contributed by atoms with Crippen molar-refractivity contribution in [2.45, 2.75) is 26.0 Å². The quantitative estimate of drug-likeness (QED) is 0.812. The molecule has 2 N–H and O–H groups in total.